The molecule has 0 saturated heterocycles. The van der Waals surface area contributed by atoms with Crippen molar-refractivity contribution in [3.63, 3.8) is 0 Å². The van der Waals surface area contributed by atoms with Crippen molar-refractivity contribution in [2.24, 2.45) is 0 Å². The largest absolute Gasteiger partial charge is 0.469 e. The van der Waals surface area contributed by atoms with Crippen LogP contribution in [0.15, 0.2) is 41.0 Å². The van der Waals surface area contributed by atoms with Gasteiger partial charge in [0.15, 0.2) is 0 Å². The van der Waals surface area contributed by atoms with Crippen LogP contribution in [0, 0.1) is 0 Å². The SMILES string of the molecule is CCc1occc1C(NC)c1cccc(C(F)(F)F)c1. The third-order valence-corrected chi connectivity index (χ3v) is 3.25. The highest BCUT2D eigenvalue weighted by molar-refractivity contribution is 5.36. The summed E-state index contributed by atoms with van der Waals surface area (Å²) < 4.78 is 43.7. The lowest BCUT2D eigenvalue weighted by Crippen LogP contribution is -2.19. The number of hydrogen-bond donors (Lipinski definition) is 1. The van der Waals surface area contributed by atoms with Gasteiger partial charge in [0.05, 0.1) is 17.9 Å². The molecule has 0 aliphatic heterocycles. The Morgan fingerprint density at radius 2 is 2.00 bits per heavy atom. The lowest BCUT2D eigenvalue weighted by Gasteiger charge is -2.18. The maximum absolute atomic E-state index is 12.8. The first kappa shape index (κ1) is 14.7. The number of benzene rings is 1. The molecule has 0 amide bonds. The highest BCUT2D eigenvalue weighted by atomic mass is 19.4. The third-order valence-electron chi connectivity index (χ3n) is 3.25. The second kappa shape index (κ2) is 5.71. The fourth-order valence-electron chi connectivity index (χ4n) is 2.29. The summed E-state index contributed by atoms with van der Waals surface area (Å²) >= 11 is 0. The van der Waals surface area contributed by atoms with Crippen molar-refractivity contribution in [3.8, 4) is 0 Å². The highest BCUT2D eigenvalue weighted by Gasteiger charge is 2.31. The number of furan rings is 1. The summed E-state index contributed by atoms with van der Waals surface area (Å²) in [6.07, 6.45) is -2.08. The zero-order valence-corrected chi connectivity index (χ0v) is 11.3. The van der Waals surface area contributed by atoms with Crippen LogP contribution in [0.2, 0.25) is 0 Å². The molecule has 1 heterocycles. The summed E-state index contributed by atoms with van der Waals surface area (Å²) in [5, 5.41) is 3.05. The van der Waals surface area contributed by atoms with Crippen molar-refractivity contribution in [2.75, 3.05) is 7.05 Å². The molecule has 0 aliphatic rings. The molecule has 0 bridgehead atoms. The van der Waals surface area contributed by atoms with Crippen molar-refractivity contribution in [1.82, 2.24) is 5.32 Å². The lowest BCUT2D eigenvalue weighted by atomic mass is 9.97. The topological polar surface area (TPSA) is 25.2 Å². The summed E-state index contributed by atoms with van der Waals surface area (Å²) in [6, 6.07) is 6.84. The minimum atomic E-state index is -4.34. The van der Waals surface area contributed by atoms with Crippen LogP contribution in [0.25, 0.3) is 0 Å². The number of rotatable bonds is 4. The molecule has 0 saturated carbocycles. The van der Waals surface area contributed by atoms with Gasteiger partial charge in [-0.15, -0.1) is 0 Å². The van der Waals surface area contributed by atoms with E-state index in [0.29, 0.717) is 12.0 Å². The van der Waals surface area contributed by atoms with Gasteiger partial charge in [0.2, 0.25) is 0 Å². The molecule has 1 unspecified atom stereocenters. The minimum Gasteiger partial charge on any atom is -0.469 e. The Labute approximate surface area is 115 Å². The van der Waals surface area contributed by atoms with Crippen LogP contribution in [-0.2, 0) is 12.6 Å². The highest BCUT2D eigenvalue weighted by Crippen LogP contribution is 2.33. The van der Waals surface area contributed by atoms with Crippen LogP contribution in [0.4, 0.5) is 13.2 Å². The van der Waals surface area contributed by atoms with Gasteiger partial charge in [-0.3, -0.25) is 0 Å². The Kier molecular flexibility index (Phi) is 4.18. The van der Waals surface area contributed by atoms with E-state index in [1.54, 1.807) is 25.4 Å². The van der Waals surface area contributed by atoms with Crippen LogP contribution in [-0.4, -0.2) is 7.05 Å². The second-order valence-electron chi connectivity index (χ2n) is 4.50. The van der Waals surface area contributed by atoms with Gasteiger partial charge in [-0.1, -0.05) is 19.1 Å². The molecule has 108 valence electrons. The molecular weight excluding hydrogens is 267 g/mol. The smallest absolute Gasteiger partial charge is 0.416 e. The molecule has 1 aromatic carbocycles. The first-order valence-electron chi connectivity index (χ1n) is 6.38. The Bertz CT molecular complexity index is 574. The van der Waals surface area contributed by atoms with E-state index in [-0.39, 0.29) is 6.04 Å². The van der Waals surface area contributed by atoms with E-state index in [9.17, 15) is 13.2 Å². The zero-order valence-electron chi connectivity index (χ0n) is 11.3. The van der Waals surface area contributed by atoms with Gasteiger partial charge >= 0.3 is 6.18 Å². The molecule has 1 aromatic heterocycles. The van der Waals surface area contributed by atoms with Crippen molar-refractivity contribution in [2.45, 2.75) is 25.6 Å². The molecule has 1 atom stereocenters. The normalized spacial score (nSPS) is 13.4. The Morgan fingerprint density at radius 1 is 1.25 bits per heavy atom. The predicted molar refractivity (Wildman–Crippen MR) is 70.4 cm³/mol. The van der Waals surface area contributed by atoms with Crippen LogP contribution in [0.5, 0.6) is 0 Å². The summed E-state index contributed by atoms with van der Waals surface area (Å²) in [5.74, 6) is 0.779. The van der Waals surface area contributed by atoms with Crippen molar-refractivity contribution in [3.05, 3.63) is 59.0 Å². The molecule has 0 fully saturated rings. The Balaban J connectivity index is 2.43. The van der Waals surface area contributed by atoms with Crippen LogP contribution >= 0.6 is 0 Å². The second-order valence-corrected chi connectivity index (χ2v) is 4.50. The van der Waals surface area contributed by atoms with Gasteiger partial charge in [0, 0.05) is 12.0 Å². The zero-order chi connectivity index (χ0) is 14.8. The van der Waals surface area contributed by atoms with Crippen LogP contribution in [0.1, 0.15) is 35.4 Å². The Morgan fingerprint density at radius 3 is 2.60 bits per heavy atom. The van der Waals surface area contributed by atoms with E-state index >= 15 is 0 Å². The summed E-state index contributed by atoms with van der Waals surface area (Å²) in [4.78, 5) is 0. The number of aryl methyl sites for hydroxylation is 1. The van der Waals surface area contributed by atoms with Crippen molar-refractivity contribution in [1.29, 1.82) is 0 Å². The number of alkyl halides is 3. The number of hydrogen-bond acceptors (Lipinski definition) is 2. The molecule has 0 radical (unpaired) electrons. The summed E-state index contributed by atoms with van der Waals surface area (Å²) in [7, 11) is 1.72. The fourth-order valence-corrected chi connectivity index (χ4v) is 2.29. The van der Waals surface area contributed by atoms with Gasteiger partial charge in [0.1, 0.15) is 5.76 Å². The van der Waals surface area contributed by atoms with E-state index < -0.39 is 11.7 Å². The monoisotopic (exact) mass is 283 g/mol. The standard InChI is InChI=1S/C15H16F3NO/c1-3-13-12(7-8-20-13)14(19-2)10-5-4-6-11(9-10)15(16,17)18/h4-9,14,19H,3H2,1-2H3. The molecule has 5 heteroatoms. The van der Waals surface area contributed by atoms with E-state index in [4.69, 9.17) is 4.42 Å². The minimum absolute atomic E-state index is 0.314. The van der Waals surface area contributed by atoms with Gasteiger partial charge in [0.25, 0.3) is 0 Å². The van der Waals surface area contributed by atoms with Gasteiger partial charge in [-0.25, -0.2) is 0 Å². The van der Waals surface area contributed by atoms with Gasteiger partial charge in [-0.2, -0.15) is 13.2 Å². The quantitative estimate of drug-likeness (QED) is 0.911. The van der Waals surface area contributed by atoms with Crippen LogP contribution < -0.4 is 5.32 Å². The number of halogens is 3. The molecule has 0 spiro atoms. The average molecular weight is 283 g/mol. The molecule has 2 rings (SSSR count). The van der Waals surface area contributed by atoms with Gasteiger partial charge < -0.3 is 9.73 Å². The fraction of sp³-hybridized carbons (Fsp3) is 0.333. The van der Waals surface area contributed by atoms with E-state index in [1.807, 2.05) is 6.92 Å². The van der Waals surface area contributed by atoms with Crippen LogP contribution in [0.3, 0.4) is 0 Å². The molecule has 2 nitrogen and oxygen atoms in total. The first-order chi connectivity index (χ1) is 9.47. The Hall–Kier alpha value is -1.75. The average Bonchev–Trinajstić information content (AvgIpc) is 2.87. The van der Waals surface area contributed by atoms with Gasteiger partial charge in [-0.05, 0) is 30.8 Å². The van der Waals surface area contributed by atoms with Crippen molar-refractivity contribution >= 4 is 0 Å². The summed E-state index contributed by atoms with van der Waals surface area (Å²) in [5.41, 5.74) is 0.796. The number of nitrogens with one attached hydrogen (secondary N) is 1. The van der Waals surface area contributed by atoms with E-state index in [1.165, 1.54) is 12.1 Å². The third kappa shape index (κ3) is 2.88. The lowest BCUT2D eigenvalue weighted by molar-refractivity contribution is -0.137. The predicted octanol–water partition coefficient (Wildman–Crippen LogP) is 4.17. The van der Waals surface area contributed by atoms with E-state index in [0.717, 1.165) is 17.4 Å². The maximum atomic E-state index is 12.8. The summed E-state index contributed by atoms with van der Waals surface area (Å²) in [6.45, 7) is 1.95. The first-order valence-corrected chi connectivity index (χ1v) is 6.38. The molecule has 0 aliphatic carbocycles. The van der Waals surface area contributed by atoms with Crippen molar-refractivity contribution < 1.29 is 17.6 Å². The molecule has 20 heavy (non-hydrogen) atoms. The maximum Gasteiger partial charge on any atom is 0.416 e. The molecular formula is C15H16F3NO. The molecule has 1 N–H and O–H groups in total. The van der Waals surface area contributed by atoms with E-state index in [2.05, 4.69) is 5.32 Å². The molecule has 2 aromatic rings.